The minimum atomic E-state index is -1.16. The number of benzene rings is 2. The van der Waals surface area contributed by atoms with Crippen molar-refractivity contribution in [1.29, 1.82) is 0 Å². The molecule has 29 heavy (non-hydrogen) atoms. The third-order valence-corrected chi connectivity index (χ3v) is 4.65. The Balaban J connectivity index is 1.73. The third-order valence-electron chi connectivity index (χ3n) is 4.65. The molecule has 0 fully saturated rings. The van der Waals surface area contributed by atoms with E-state index < -0.39 is 23.7 Å². The van der Waals surface area contributed by atoms with Crippen LogP contribution < -0.4 is 10.6 Å². The van der Waals surface area contributed by atoms with Crippen LogP contribution in [0, 0.1) is 12.7 Å². The van der Waals surface area contributed by atoms with Gasteiger partial charge in [0, 0.05) is 0 Å². The number of hydrogen-bond acceptors (Lipinski definition) is 4. The third kappa shape index (κ3) is 3.47. The molecule has 4 rings (SSSR count). The molecule has 0 radical (unpaired) electrons. The van der Waals surface area contributed by atoms with E-state index in [1.165, 1.54) is 35.2 Å². The molecule has 1 aliphatic heterocycles. The number of hydrogen-bond donors (Lipinski definition) is 3. The van der Waals surface area contributed by atoms with E-state index in [2.05, 4.69) is 15.7 Å². The Labute approximate surface area is 165 Å². The number of fused-ring (bicyclic) bond motifs is 1. The number of carboxylic acids is 1. The van der Waals surface area contributed by atoms with Crippen LogP contribution in [0.2, 0.25) is 0 Å². The summed E-state index contributed by atoms with van der Waals surface area (Å²) in [4.78, 5) is 24.3. The van der Waals surface area contributed by atoms with E-state index in [-0.39, 0.29) is 22.8 Å². The van der Waals surface area contributed by atoms with Crippen LogP contribution in [0.3, 0.4) is 0 Å². The Bertz CT molecular complexity index is 1140. The largest absolute Gasteiger partial charge is 0.477 e. The highest BCUT2D eigenvalue weighted by Crippen LogP contribution is 2.32. The smallest absolute Gasteiger partial charge is 0.352 e. The van der Waals surface area contributed by atoms with Crippen LogP contribution in [0.15, 0.2) is 66.5 Å². The van der Waals surface area contributed by atoms with Gasteiger partial charge in [-0.3, -0.25) is 4.79 Å². The van der Waals surface area contributed by atoms with Crippen molar-refractivity contribution < 1.29 is 19.1 Å². The predicted molar refractivity (Wildman–Crippen MR) is 105 cm³/mol. The van der Waals surface area contributed by atoms with Crippen molar-refractivity contribution in [1.82, 2.24) is 9.78 Å². The molecule has 2 aromatic carbocycles. The number of anilines is 2. The number of aromatic nitrogens is 2. The summed E-state index contributed by atoms with van der Waals surface area (Å²) >= 11 is 0. The van der Waals surface area contributed by atoms with E-state index in [4.69, 9.17) is 0 Å². The Morgan fingerprint density at radius 2 is 1.90 bits per heavy atom. The molecule has 7 nitrogen and oxygen atoms in total. The zero-order valence-electron chi connectivity index (χ0n) is 15.4. The van der Waals surface area contributed by atoms with Gasteiger partial charge in [0.15, 0.2) is 0 Å². The molecule has 0 unspecified atom stereocenters. The zero-order chi connectivity index (χ0) is 20.5. The molecule has 0 aliphatic carbocycles. The summed E-state index contributed by atoms with van der Waals surface area (Å²) in [5, 5.41) is 19.0. The number of nitrogens with zero attached hydrogens (tertiary/aromatic N) is 2. The topological polar surface area (TPSA) is 96.2 Å². The van der Waals surface area contributed by atoms with Crippen molar-refractivity contribution in [2.24, 2.45) is 0 Å². The number of carbonyl (C=O) groups excluding carboxylic acids is 1. The van der Waals surface area contributed by atoms with Gasteiger partial charge in [0.25, 0.3) is 5.91 Å². The highest BCUT2D eigenvalue weighted by Gasteiger charge is 2.29. The Kier molecular flexibility index (Phi) is 4.59. The minimum absolute atomic E-state index is 0.0253. The van der Waals surface area contributed by atoms with Crippen LogP contribution in [-0.2, 0) is 4.79 Å². The SMILES string of the molecule is Cc1ccc([C@H]2C=C(C(=O)O)Nc3c(C(=O)Nc4ccccc4F)cnn32)cc1. The predicted octanol–water partition coefficient (Wildman–Crippen LogP) is 3.57. The van der Waals surface area contributed by atoms with Gasteiger partial charge in [-0.05, 0) is 30.7 Å². The van der Waals surface area contributed by atoms with Gasteiger partial charge >= 0.3 is 5.97 Å². The quantitative estimate of drug-likeness (QED) is 0.631. The first-order valence-corrected chi connectivity index (χ1v) is 8.86. The Morgan fingerprint density at radius 3 is 2.59 bits per heavy atom. The van der Waals surface area contributed by atoms with Crippen molar-refractivity contribution in [3.05, 3.63) is 89.0 Å². The molecule has 3 N–H and O–H groups in total. The summed E-state index contributed by atoms with van der Waals surface area (Å²) in [6.07, 6.45) is 2.86. The fourth-order valence-electron chi connectivity index (χ4n) is 3.14. The number of allylic oxidation sites excluding steroid dienone is 1. The highest BCUT2D eigenvalue weighted by atomic mass is 19.1. The average Bonchev–Trinajstić information content (AvgIpc) is 3.14. The number of nitrogens with one attached hydrogen (secondary N) is 2. The van der Waals surface area contributed by atoms with Gasteiger partial charge in [-0.15, -0.1) is 0 Å². The lowest BCUT2D eigenvalue weighted by atomic mass is 10.0. The van der Waals surface area contributed by atoms with Crippen molar-refractivity contribution in [3.8, 4) is 0 Å². The maximum Gasteiger partial charge on any atom is 0.352 e. The first-order valence-electron chi connectivity index (χ1n) is 8.86. The molecule has 0 spiro atoms. The number of halogens is 1. The normalized spacial score (nSPS) is 15.1. The molecular weight excluding hydrogens is 375 g/mol. The standard InChI is InChI=1S/C21H17FN4O3/c1-12-6-8-13(9-7-12)18-10-17(21(28)29)24-19-14(11-23-26(18)19)20(27)25-16-5-3-2-4-15(16)22/h2-11,18,24H,1H3,(H,25,27)(H,28,29)/t18-/m1/s1. The van der Waals surface area contributed by atoms with Crippen LogP contribution in [0.5, 0.6) is 0 Å². The number of amides is 1. The molecule has 0 saturated heterocycles. The lowest BCUT2D eigenvalue weighted by molar-refractivity contribution is -0.132. The summed E-state index contributed by atoms with van der Waals surface area (Å²) in [6.45, 7) is 1.95. The van der Waals surface area contributed by atoms with Crippen molar-refractivity contribution in [2.45, 2.75) is 13.0 Å². The van der Waals surface area contributed by atoms with Crippen LogP contribution in [-0.4, -0.2) is 26.8 Å². The van der Waals surface area contributed by atoms with Gasteiger partial charge in [-0.25, -0.2) is 13.9 Å². The van der Waals surface area contributed by atoms with Gasteiger partial charge in [-0.2, -0.15) is 5.10 Å². The Hall–Kier alpha value is -3.94. The number of carboxylic acid groups (broad SMARTS) is 1. The molecule has 3 aromatic rings. The maximum absolute atomic E-state index is 13.9. The second-order valence-electron chi connectivity index (χ2n) is 6.65. The van der Waals surface area contributed by atoms with E-state index in [0.29, 0.717) is 0 Å². The molecule has 0 bridgehead atoms. The molecule has 2 heterocycles. The molecular formula is C21H17FN4O3. The van der Waals surface area contributed by atoms with Crippen LogP contribution in [0.1, 0.15) is 27.5 Å². The van der Waals surface area contributed by atoms with Crippen LogP contribution in [0.25, 0.3) is 0 Å². The second-order valence-corrected chi connectivity index (χ2v) is 6.65. The minimum Gasteiger partial charge on any atom is -0.477 e. The molecule has 146 valence electrons. The number of aliphatic carboxylic acids is 1. The molecule has 8 heteroatoms. The van der Waals surface area contributed by atoms with E-state index in [1.807, 2.05) is 31.2 Å². The first kappa shape index (κ1) is 18.4. The fourth-order valence-corrected chi connectivity index (χ4v) is 3.14. The average molecular weight is 392 g/mol. The Morgan fingerprint density at radius 1 is 1.17 bits per heavy atom. The van der Waals surface area contributed by atoms with Gasteiger partial charge < -0.3 is 15.7 Å². The van der Waals surface area contributed by atoms with Crippen molar-refractivity contribution in [3.63, 3.8) is 0 Å². The number of rotatable bonds is 4. The molecule has 1 atom stereocenters. The summed E-state index contributed by atoms with van der Waals surface area (Å²) < 4.78 is 15.4. The highest BCUT2D eigenvalue weighted by molar-refractivity contribution is 6.08. The monoisotopic (exact) mass is 392 g/mol. The summed E-state index contributed by atoms with van der Waals surface area (Å²) in [5.41, 5.74) is 1.95. The number of aryl methyl sites for hydroxylation is 1. The van der Waals surface area contributed by atoms with E-state index in [1.54, 1.807) is 6.07 Å². The summed E-state index contributed by atoms with van der Waals surface area (Å²) in [5.74, 6) is -2.10. The molecule has 1 amide bonds. The second kappa shape index (κ2) is 7.23. The van der Waals surface area contributed by atoms with E-state index >= 15 is 0 Å². The maximum atomic E-state index is 13.9. The van der Waals surface area contributed by atoms with Crippen LogP contribution >= 0.6 is 0 Å². The lowest BCUT2D eigenvalue weighted by Gasteiger charge is -2.24. The molecule has 1 aromatic heterocycles. The number of para-hydroxylation sites is 1. The van der Waals surface area contributed by atoms with Crippen molar-refractivity contribution >= 4 is 23.4 Å². The van der Waals surface area contributed by atoms with Gasteiger partial charge in [-0.1, -0.05) is 42.0 Å². The number of carbonyl (C=O) groups is 2. The molecule has 1 aliphatic rings. The first-order chi connectivity index (χ1) is 13.9. The van der Waals surface area contributed by atoms with Crippen LogP contribution in [0.4, 0.5) is 15.9 Å². The summed E-state index contributed by atoms with van der Waals surface area (Å²) in [7, 11) is 0. The van der Waals surface area contributed by atoms with Gasteiger partial charge in [0.2, 0.25) is 0 Å². The van der Waals surface area contributed by atoms with Gasteiger partial charge in [0.05, 0.1) is 17.9 Å². The summed E-state index contributed by atoms with van der Waals surface area (Å²) in [6, 6.07) is 12.9. The lowest BCUT2D eigenvalue weighted by Crippen LogP contribution is -2.25. The molecule has 0 saturated carbocycles. The van der Waals surface area contributed by atoms with E-state index in [0.717, 1.165) is 11.1 Å². The fraction of sp³-hybridized carbons (Fsp3) is 0.0952. The van der Waals surface area contributed by atoms with Gasteiger partial charge in [0.1, 0.15) is 22.9 Å². The van der Waals surface area contributed by atoms with E-state index in [9.17, 15) is 19.1 Å². The zero-order valence-corrected chi connectivity index (χ0v) is 15.4. The van der Waals surface area contributed by atoms with Crippen molar-refractivity contribution in [2.75, 3.05) is 10.6 Å².